The Bertz CT molecular complexity index is 275. The number of ether oxygens (including phenoxy) is 2. The van der Waals surface area contributed by atoms with Gasteiger partial charge in [0.05, 0.1) is 12.7 Å². The molecule has 1 fully saturated rings. The first-order valence-corrected chi connectivity index (χ1v) is 5.77. The van der Waals surface area contributed by atoms with Crippen LogP contribution in [0.5, 0.6) is 0 Å². The number of hydrogen-bond acceptors (Lipinski definition) is 4. The second-order valence-corrected chi connectivity index (χ2v) is 4.18. The van der Waals surface area contributed by atoms with Crippen LogP contribution in [0.4, 0.5) is 0 Å². The van der Waals surface area contributed by atoms with Crippen molar-refractivity contribution in [3.05, 3.63) is 0 Å². The van der Waals surface area contributed by atoms with Crippen molar-refractivity contribution in [2.75, 3.05) is 13.2 Å². The third-order valence-electron chi connectivity index (χ3n) is 2.65. The largest absolute Gasteiger partial charge is 0.480 e. The summed E-state index contributed by atoms with van der Waals surface area (Å²) in [6.45, 7) is 4.12. The molecule has 6 nitrogen and oxygen atoms in total. The number of carbonyl (C=O) groups excluding carboxylic acids is 1. The van der Waals surface area contributed by atoms with E-state index >= 15 is 0 Å². The van der Waals surface area contributed by atoms with Crippen LogP contribution in [0.15, 0.2) is 0 Å². The lowest BCUT2D eigenvalue weighted by Crippen LogP contribution is -2.44. The summed E-state index contributed by atoms with van der Waals surface area (Å²) in [5.74, 6) is -1.48. The Morgan fingerprint density at radius 1 is 1.53 bits per heavy atom. The van der Waals surface area contributed by atoms with E-state index in [0.717, 1.165) is 19.4 Å². The van der Waals surface area contributed by atoms with Gasteiger partial charge in [0.2, 0.25) is 5.91 Å². The smallest absolute Gasteiger partial charge is 0.325 e. The third kappa shape index (κ3) is 4.70. The summed E-state index contributed by atoms with van der Waals surface area (Å²) < 4.78 is 10.7. The third-order valence-corrected chi connectivity index (χ3v) is 2.65. The molecule has 0 spiro atoms. The van der Waals surface area contributed by atoms with E-state index < -0.39 is 24.0 Å². The summed E-state index contributed by atoms with van der Waals surface area (Å²) in [6.07, 6.45) is 1.35. The van der Waals surface area contributed by atoms with E-state index in [1.165, 1.54) is 6.92 Å². The molecule has 1 amide bonds. The number of carbonyl (C=O) groups is 2. The molecule has 6 heteroatoms. The molecular weight excluding hydrogens is 226 g/mol. The van der Waals surface area contributed by atoms with E-state index in [0.29, 0.717) is 6.61 Å². The van der Waals surface area contributed by atoms with Gasteiger partial charge in [-0.2, -0.15) is 0 Å². The monoisotopic (exact) mass is 245 g/mol. The van der Waals surface area contributed by atoms with Gasteiger partial charge in [0.1, 0.15) is 12.1 Å². The van der Waals surface area contributed by atoms with Crippen LogP contribution in [-0.2, 0) is 19.1 Å². The molecule has 0 aliphatic carbocycles. The molecule has 0 aromatic rings. The fraction of sp³-hybridized carbons (Fsp3) is 0.818. The minimum atomic E-state index is -1.07. The second kappa shape index (κ2) is 6.56. The summed E-state index contributed by atoms with van der Waals surface area (Å²) in [5, 5.41) is 11.0. The number of amides is 1. The molecule has 98 valence electrons. The average Bonchev–Trinajstić information content (AvgIpc) is 2.78. The van der Waals surface area contributed by atoms with Crippen LogP contribution in [0, 0.1) is 0 Å². The zero-order valence-corrected chi connectivity index (χ0v) is 10.1. The minimum Gasteiger partial charge on any atom is -0.480 e. The quantitative estimate of drug-likeness (QED) is 0.696. The first kappa shape index (κ1) is 13.9. The fourth-order valence-electron chi connectivity index (χ4n) is 1.50. The fourth-order valence-corrected chi connectivity index (χ4v) is 1.50. The molecule has 0 saturated carbocycles. The maximum absolute atomic E-state index is 11.5. The molecule has 0 radical (unpaired) electrons. The van der Waals surface area contributed by atoms with Gasteiger partial charge in [-0.3, -0.25) is 9.59 Å². The van der Waals surface area contributed by atoms with E-state index in [1.54, 1.807) is 6.92 Å². The SMILES string of the molecule is CC(OCC1CCCO1)C(=O)N[C@@H](C)C(=O)O. The van der Waals surface area contributed by atoms with Crippen LogP contribution in [0.2, 0.25) is 0 Å². The summed E-state index contributed by atoms with van der Waals surface area (Å²) in [4.78, 5) is 22.1. The predicted octanol–water partition coefficient (Wildman–Crippen LogP) is 0.160. The lowest BCUT2D eigenvalue weighted by Gasteiger charge is -2.17. The first-order valence-electron chi connectivity index (χ1n) is 5.77. The Morgan fingerprint density at radius 2 is 2.24 bits per heavy atom. The van der Waals surface area contributed by atoms with Crippen LogP contribution in [0.1, 0.15) is 26.7 Å². The van der Waals surface area contributed by atoms with Gasteiger partial charge < -0.3 is 19.9 Å². The van der Waals surface area contributed by atoms with Crippen molar-refractivity contribution in [3.8, 4) is 0 Å². The van der Waals surface area contributed by atoms with E-state index in [9.17, 15) is 9.59 Å². The molecule has 1 saturated heterocycles. The maximum Gasteiger partial charge on any atom is 0.325 e. The van der Waals surface area contributed by atoms with Crippen molar-refractivity contribution in [2.45, 2.75) is 44.9 Å². The predicted molar refractivity (Wildman–Crippen MR) is 59.6 cm³/mol. The number of nitrogens with one attached hydrogen (secondary N) is 1. The molecule has 0 aromatic carbocycles. The topological polar surface area (TPSA) is 84.9 Å². The van der Waals surface area contributed by atoms with Gasteiger partial charge in [-0.1, -0.05) is 0 Å². The highest BCUT2D eigenvalue weighted by Gasteiger charge is 2.22. The zero-order valence-electron chi connectivity index (χ0n) is 10.1. The van der Waals surface area contributed by atoms with Gasteiger partial charge in [0.15, 0.2) is 0 Å². The number of aliphatic carboxylic acids is 1. The van der Waals surface area contributed by atoms with Gasteiger partial charge in [-0.05, 0) is 26.7 Å². The second-order valence-electron chi connectivity index (χ2n) is 4.18. The highest BCUT2D eigenvalue weighted by molar-refractivity contribution is 5.85. The van der Waals surface area contributed by atoms with Crippen molar-refractivity contribution in [1.82, 2.24) is 5.32 Å². The van der Waals surface area contributed by atoms with Crippen molar-refractivity contribution >= 4 is 11.9 Å². The Balaban J connectivity index is 2.23. The van der Waals surface area contributed by atoms with Crippen molar-refractivity contribution in [1.29, 1.82) is 0 Å². The molecule has 0 bridgehead atoms. The highest BCUT2D eigenvalue weighted by Crippen LogP contribution is 2.12. The van der Waals surface area contributed by atoms with Crippen LogP contribution in [0.25, 0.3) is 0 Å². The lowest BCUT2D eigenvalue weighted by atomic mass is 10.2. The molecule has 2 unspecified atom stereocenters. The summed E-state index contributed by atoms with van der Waals surface area (Å²) in [6, 6.07) is -0.906. The first-order chi connectivity index (χ1) is 8.00. The van der Waals surface area contributed by atoms with Gasteiger partial charge in [-0.15, -0.1) is 0 Å². The molecule has 1 heterocycles. The van der Waals surface area contributed by atoms with Gasteiger partial charge in [-0.25, -0.2) is 0 Å². The van der Waals surface area contributed by atoms with Crippen molar-refractivity contribution in [2.24, 2.45) is 0 Å². The number of hydrogen-bond donors (Lipinski definition) is 2. The number of carboxylic acid groups (broad SMARTS) is 1. The molecule has 17 heavy (non-hydrogen) atoms. The zero-order chi connectivity index (χ0) is 12.8. The van der Waals surface area contributed by atoms with Gasteiger partial charge in [0.25, 0.3) is 0 Å². The summed E-state index contributed by atoms with van der Waals surface area (Å²) in [7, 11) is 0. The van der Waals surface area contributed by atoms with Crippen LogP contribution in [-0.4, -0.2) is 48.4 Å². The van der Waals surface area contributed by atoms with Crippen LogP contribution < -0.4 is 5.32 Å². The standard InChI is InChI=1S/C11H19NO5/c1-7(11(14)15)12-10(13)8(2)17-6-9-4-3-5-16-9/h7-9H,3-6H2,1-2H3,(H,12,13)(H,14,15)/t7-,8?,9?/m0/s1. The summed E-state index contributed by atoms with van der Waals surface area (Å²) >= 11 is 0. The van der Waals surface area contributed by atoms with E-state index in [4.69, 9.17) is 14.6 Å². The average molecular weight is 245 g/mol. The minimum absolute atomic E-state index is 0.0575. The molecule has 2 N–H and O–H groups in total. The summed E-state index contributed by atoms with van der Waals surface area (Å²) in [5.41, 5.74) is 0. The lowest BCUT2D eigenvalue weighted by molar-refractivity contribution is -0.144. The Kier molecular flexibility index (Phi) is 5.37. The van der Waals surface area contributed by atoms with Crippen molar-refractivity contribution in [3.63, 3.8) is 0 Å². The molecular formula is C11H19NO5. The van der Waals surface area contributed by atoms with Gasteiger partial charge >= 0.3 is 5.97 Å². The van der Waals surface area contributed by atoms with Crippen LogP contribution in [0.3, 0.4) is 0 Å². The van der Waals surface area contributed by atoms with Crippen LogP contribution >= 0.6 is 0 Å². The Morgan fingerprint density at radius 3 is 2.76 bits per heavy atom. The van der Waals surface area contributed by atoms with Gasteiger partial charge in [0, 0.05) is 6.61 Å². The Labute approximate surface area is 100 Å². The number of carboxylic acids is 1. The van der Waals surface area contributed by atoms with E-state index in [-0.39, 0.29) is 6.10 Å². The Hall–Kier alpha value is -1.14. The number of rotatable bonds is 6. The highest BCUT2D eigenvalue weighted by atomic mass is 16.5. The van der Waals surface area contributed by atoms with Crippen molar-refractivity contribution < 1.29 is 24.2 Å². The van der Waals surface area contributed by atoms with E-state index in [2.05, 4.69) is 5.32 Å². The van der Waals surface area contributed by atoms with E-state index in [1.807, 2.05) is 0 Å². The molecule has 1 rings (SSSR count). The maximum atomic E-state index is 11.5. The molecule has 0 aromatic heterocycles. The normalized spacial score (nSPS) is 23.1. The molecule has 3 atom stereocenters. The molecule has 1 aliphatic heterocycles. The molecule has 1 aliphatic rings.